The van der Waals surface area contributed by atoms with Crippen LogP contribution in [0.15, 0.2) is 54.8 Å². The fraction of sp³-hybridized carbons (Fsp3) is 0.182. The number of hydrogen-bond acceptors (Lipinski definition) is 3. The first kappa shape index (κ1) is 18.9. The van der Waals surface area contributed by atoms with E-state index in [4.69, 9.17) is 16.3 Å². The molecule has 0 spiro atoms. The summed E-state index contributed by atoms with van der Waals surface area (Å²) >= 11 is 6.05. The molecule has 5 heteroatoms. The van der Waals surface area contributed by atoms with E-state index in [1.807, 2.05) is 44.2 Å². The number of rotatable bonds is 5. The van der Waals surface area contributed by atoms with Crippen molar-refractivity contribution in [1.82, 2.24) is 4.98 Å². The van der Waals surface area contributed by atoms with Gasteiger partial charge >= 0.3 is 5.97 Å². The molecule has 4 nitrogen and oxygen atoms in total. The normalized spacial score (nSPS) is 12.0. The molecular weight excluding hydrogens is 362 g/mol. The molecule has 0 saturated heterocycles. The zero-order valence-electron chi connectivity index (χ0n) is 15.4. The number of carbonyl (C=O) groups is 1. The van der Waals surface area contributed by atoms with Crippen molar-refractivity contribution >= 4 is 28.5 Å². The molecule has 0 aliphatic carbocycles. The number of aromatic nitrogens is 1. The highest BCUT2D eigenvalue weighted by Gasteiger charge is 2.28. The quantitative estimate of drug-likeness (QED) is 0.563. The number of halogens is 1. The maximum absolute atomic E-state index is 12.0. The molecule has 138 valence electrons. The molecule has 3 rings (SSSR count). The van der Waals surface area contributed by atoms with Crippen molar-refractivity contribution in [2.45, 2.75) is 26.9 Å². The summed E-state index contributed by atoms with van der Waals surface area (Å²) in [7, 11) is 0. The van der Waals surface area contributed by atoms with Gasteiger partial charge in [-0.25, -0.2) is 4.79 Å². The van der Waals surface area contributed by atoms with Gasteiger partial charge in [0.1, 0.15) is 0 Å². The Morgan fingerprint density at radius 1 is 1.19 bits per heavy atom. The maximum Gasteiger partial charge on any atom is 0.349 e. The molecule has 1 N–H and O–H groups in total. The second-order valence-electron chi connectivity index (χ2n) is 6.55. The van der Waals surface area contributed by atoms with Crippen molar-refractivity contribution in [1.29, 1.82) is 0 Å². The second-order valence-corrected chi connectivity index (χ2v) is 6.98. The van der Waals surface area contributed by atoms with Crippen molar-refractivity contribution in [3.63, 3.8) is 0 Å². The van der Waals surface area contributed by atoms with Crippen molar-refractivity contribution < 1.29 is 14.6 Å². The fourth-order valence-corrected chi connectivity index (χ4v) is 3.35. The van der Waals surface area contributed by atoms with Gasteiger partial charge in [0.2, 0.25) is 6.10 Å². The summed E-state index contributed by atoms with van der Waals surface area (Å²) in [6.45, 7) is 9.14. The smallest absolute Gasteiger partial charge is 0.349 e. The molecule has 0 unspecified atom stereocenters. The van der Waals surface area contributed by atoms with Gasteiger partial charge in [0.05, 0.1) is 11.3 Å². The number of hydrogen-bond donors (Lipinski definition) is 1. The number of aliphatic carboxylic acids is 1. The maximum atomic E-state index is 12.0. The Morgan fingerprint density at radius 3 is 2.44 bits per heavy atom. The van der Waals surface area contributed by atoms with Crippen LogP contribution in [0.5, 0.6) is 0 Å². The first-order valence-corrected chi connectivity index (χ1v) is 8.87. The minimum absolute atomic E-state index is 0.339. The minimum atomic E-state index is -1.17. The number of carboxylic acid groups (broad SMARTS) is 1. The molecule has 1 atom stereocenters. The minimum Gasteiger partial charge on any atom is -0.479 e. The number of fused-ring (bicyclic) bond motifs is 1. The molecule has 3 aromatic rings. The van der Waals surface area contributed by atoms with Crippen LogP contribution in [0, 0.1) is 13.8 Å². The summed E-state index contributed by atoms with van der Waals surface area (Å²) in [5.41, 5.74) is 4.71. The summed E-state index contributed by atoms with van der Waals surface area (Å²) in [4.78, 5) is 16.6. The molecule has 1 aromatic heterocycles. The van der Waals surface area contributed by atoms with Crippen molar-refractivity contribution in [3.8, 4) is 11.1 Å². The molecule has 27 heavy (non-hydrogen) atoms. The highest BCUT2D eigenvalue weighted by Crippen LogP contribution is 2.39. The van der Waals surface area contributed by atoms with Gasteiger partial charge in [-0.1, -0.05) is 36.4 Å². The highest BCUT2D eigenvalue weighted by molar-refractivity contribution is 6.30. The molecule has 1 heterocycles. The number of benzene rings is 2. The van der Waals surface area contributed by atoms with Crippen molar-refractivity contribution in [2.75, 3.05) is 0 Å². The van der Waals surface area contributed by atoms with E-state index in [1.165, 1.54) is 0 Å². The Bertz CT molecular complexity index is 1040. The van der Waals surface area contributed by atoms with E-state index in [1.54, 1.807) is 19.1 Å². The number of nitrogens with zero attached hydrogens (tertiary/aromatic N) is 1. The van der Waals surface area contributed by atoms with Crippen LogP contribution in [0.1, 0.15) is 29.8 Å². The molecule has 0 radical (unpaired) electrons. The topological polar surface area (TPSA) is 59.4 Å². The third-order valence-electron chi connectivity index (χ3n) is 4.32. The van der Waals surface area contributed by atoms with Crippen molar-refractivity contribution in [2.24, 2.45) is 0 Å². The van der Waals surface area contributed by atoms with Crippen LogP contribution >= 0.6 is 11.6 Å². The Labute approximate surface area is 163 Å². The van der Waals surface area contributed by atoms with Gasteiger partial charge in [0.25, 0.3) is 0 Å². The zero-order valence-corrected chi connectivity index (χ0v) is 16.2. The van der Waals surface area contributed by atoms with Crippen LogP contribution in [0.25, 0.3) is 22.0 Å². The van der Waals surface area contributed by atoms with Crippen molar-refractivity contribution in [3.05, 3.63) is 76.6 Å². The zero-order chi connectivity index (χ0) is 19.7. The van der Waals surface area contributed by atoms with Crippen LogP contribution < -0.4 is 0 Å². The van der Waals surface area contributed by atoms with E-state index in [2.05, 4.69) is 11.6 Å². The van der Waals surface area contributed by atoms with Gasteiger partial charge in [-0.3, -0.25) is 4.98 Å². The standard InChI is InChI=1S/C22H20ClNO3/c1-12(2)27-21(22(25)26)19-13(3)11-18-17(10-5-14(4)24-18)20(19)15-6-8-16(23)9-7-15/h5-11,21H,1H2,2-4H3,(H,25,26)/t21-/m0/s1. The van der Waals surface area contributed by atoms with Gasteiger partial charge in [-0.05, 0) is 61.7 Å². The highest BCUT2D eigenvalue weighted by atomic mass is 35.5. The van der Waals surface area contributed by atoms with E-state index >= 15 is 0 Å². The summed E-state index contributed by atoms with van der Waals surface area (Å²) in [6.07, 6.45) is -1.17. The predicted octanol–water partition coefficient (Wildman–Crippen LogP) is 5.85. The first-order valence-electron chi connectivity index (χ1n) is 8.49. The largest absolute Gasteiger partial charge is 0.479 e. The second kappa shape index (κ2) is 7.41. The fourth-order valence-electron chi connectivity index (χ4n) is 3.22. The Hall–Kier alpha value is -2.85. The van der Waals surface area contributed by atoms with Crippen LogP contribution in [0.2, 0.25) is 5.02 Å². The molecule has 0 bridgehead atoms. The van der Waals surface area contributed by atoms with Gasteiger partial charge in [0, 0.05) is 21.7 Å². The summed E-state index contributed by atoms with van der Waals surface area (Å²) in [6, 6.07) is 13.1. The number of ether oxygens (including phenoxy) is 1. The average molecular weight is 382 g/mol. The lowest BCUT2D eigenvalue weighted by Crippen LogP contribution is -2.17. The van der Waals surface area contributed by atoms with Gasteiger partial charge in [-0.15, -0.1) is 0 Å². The summed E-state index contributed by atoms with van der Waals surface area (Å²) in [5.74, 6) is -0.735. The SMILES string of the molecule is C=C(C)O[C@H](C(=O)O)c1c(C)cc2nc(C)ccc2c1-c1ccc(Cl)cc1. The molecular formula is C22H20ClNO3. The molecule has 0 aliphatic heterocycles. The third kappa shape index (κ3) is 3.81. The Kier molecular flexibility index (Phi) is 5.19. The monoisotopic (exact) mass is 381 g/mol. The van der Waals surface area contributed by atoms with Crippen LogP contribution in [0.4, 0.5) is 0 Å². The lowest BCUT2D eigenvalue weighted by Gasteiger charge is -2.22. The average Bonchev–Trinajstić information content (AvgIpc) is 2.59. The van der Waals surface area contributed by atoms with Crippen LogP contribution in [0.3, 0.4) is 0 Å². The molecule has 2 aromatic carbocycles. The van der Waals surface area contributed by atoms with Crippen LogP contribution in [-0.2, 0) is 9.53 Å². The lowest BCUT2D eigenvalue weighted by molar-refractivity contribution is -0.148. The van der Waals surface area contributed by atoms with E-state index in [-0.39, 0.29) is 0 Å². The number of allylic oxidation sites excluding steroid dienone is 1. The molecule has 0 fully saturated rings. The Balaban J connectivity index is 2.41. The molecule has 0 saturated carbocycles. The van der Waals surface area contributed by atoms with E-state index in [0.29, 0.717) is 16.3 Å². The number of aryl methyl sites for hydroxylation is 2. The molecule has 0 aliphatic rings. The summed E-state index contributed by atoms with van der Waals surface area (Å²) < 4.78 is 5.60. The van der Waals surface area contributed by atoms with Gasteiger partial charge in [-0.2, -0.15) is 0 Å². The summed E-state index contributed by atoms with van der Waals surface area (Å²) in [5, 5.41) is 11.3. The lowest BCUT2D eigenvalue weighted by atomic mass is 9.88. The Morgan fingerprint density at radius 2 is 1.85 bits per heavy atom. The molecule has 0 amide bonds. The van der Waals surface area contributed by atoms with Crippen LogP contribution in [-0.4, -0.2) is 16.1 Å². The van der Waals surface area contributed by atoms with E-state index in [9.17, 15) is 9.90 Å². The third-order valence-corrected chi connectivity index (χ3v) is 4.57. The van der Waals surface area contributed by atoms with Gasteiger partial charge < -0.3 is 9.84 Å². The predicted molar refractivity (Wildman–Crippen MR) is 108 cm³/mol. The number of pyridine rings is 1. The van der Waals surface area contributed by atoms with E-state index < -0.39 is 12.1 Å². The van der Waals surface area contributed by atoms with E-state index in [0.717, 1.165) is 33.3 Å². The number of carboxylic acids is 1. The first-order chi connectivity index (χ1) is 12.8. The van der Waals surface area contributed by atoms with Gasteiger partial charge in [0.15, 0.2) is 0 Å².